The van der Waals surface area contributed by atoms with Gasteiger partial charge in [0.15, 0.2) is 0 Å². The van der Waals surface area contributed by atoms with Crippen LogP contribution in [0.1, 0.15) is 18.4 Å². The maximum atomic E-state index is 11.2. The second-order valence-electron chi connectivity index (χ2n) is 4.25. The molecule has 0 atom stereocenters. The quantitative estimate of drug-likeness (QED) is 0.898. The van der Waals surface area contributed by atoms with Gasteiger partial charge in [-0.25, -0.2) is 0 Å². The van der Waals surface area contributed by atoms with Crippen molar-refractivity contribution >= 4 is 26.7 Å². The molecule has 1 saturated heterocycles. The van der Waals surface area contributed by atoms with E-state index in [1.54, 1.807) is 0 Å². The average Bonchev–Trinajstić information content (AvgIpc) is 2.33. The molecule has 0 saturated carbocycles. The van der Waals surface area contributed by atoms with Gasteiger partial charge in [-0.1, -0.05) is 12.1 Å². The van der Waals surface area contributed by atoms with Crippen LogP contribution in [0, 0.1) is 0 Å². The van der Waals surface area contributed by atoms with Gasteiger partial charge in [0.2, 0.25) is 0 Å². The molecule has 0 aliphatic carbocycles. The Bertz CT molecular complexity index is 415. The molecule has 0 amide bonds. The zero-order valence-electron chi connectivity index (χ0n) is 9.49. The van der Waals surface area contributed by atoms with E-state index in [1.807, 2.05) is 18.2 Å². The molecule has 1 aliphatic heterocycles. The number of halogens is 1. The summed E-state index contributed by atoms with van der Waals surface area (Å²) in [7, 11) is -0.614. The van der Waals surface area contributed by atoms with Crippen LogP contribution < -0.4 is 5.32 Å². The Morgan fingerprint density at radius 2 is 2.12 bits per heavy atom. The van der Waals surface area contributed by atoms with Gasteiger partial charge in [-0.2, -0.15) is 0 Å². The fourth-order valence-corrected chi connectivity index (χ4v) is 3.66. The maximum absolute atomic E-state index is 11.2. The molecule has 1 aliphatic rings. The van der Waals surface area contributed by atoms with E-state index < -0.39 is 10.8 Å². The Balaban J connectivity index is 1.89. The number of phenolic OH excluding ortho intramolecular Hbond substituents is 1. The summed E-state index contributed by atoms with van der Waals surface area (Å²) in [6.07, 6.45) is 1.92. The Hall–Kier alpha value is -0.390. The summed E-state index contributed by atoms with van der Waals surface area (Å²) in [5.74, 6) is 1.89. The molecule has 0 aromatic heterocycles. The molecule has 0 spiro atoms. The lowest BCUT2D eigenvalue weighted by Gasteiger charge is -2.22. The van der Waals surface area contributed by atoms with Gasteiger partial charge in [0, 0.05) is 40.5 Å². The van der Waals surface area contributed by atoms with Gasteiger partial charge in [0.05, 0.1) is 4.47 Å². The third kappa shape index (κ3) is 3.53. The first kappa shape index (κ1) is 13.1. The number of phenols is 1. The van der Waals surface area contributed by atoms with Crippen molar-refractivity contribution in [1.82, 2.24) is 5.32 Å². The first-order chi connectivity index (χ1) is 8.16. The van der Waals surface area contributed by atoms with Crippen LogP contribution in [-0.2, 0) is 17.3 Å². The van der Waals surface area contributed by atoms with Crippen LogP contribution in [0.4, 0.5) is 0 Å². The number of hydrogen-bond donors (Lipinski definition) is 2. The van der Waals surface area contributed by atoms with E-state index >= 15 is 0 Å². The molecule has 1 fully saturated rings. The second kappa shape index (κ2) is 5.98. The fraction of sp³-hybridized carbons (Fsp3) is 0.500. The Kier molecular flexibility index (Phi) is 4.59. The monoisotopic (exact) mass is 317 g/mol. The fourth-order valence-electron chi connectivity index (χ4n) is 1.95. The average molecular weight is 318 g/mol. The molecular formula is C12H16BrNO2S. The van der Waals surface area contributed by atoms with Crippen molar-refractivity contribution in [3.63, 3.8) is 0 Å². The molecule has 5 heteroatoms. The smallest absolute Gasteiger partial charge is 0.134 e. The molecule has 0 unspecified atom stereocenters. The Morgan fingerprint density at radius 1 is 1.41 bits per heavy atom. The summed E-state index contributed by atoms with van der Waals surface area (Å²) in [5, 5.41) is 13.2. The lowest BCUT2D eigenvalue weighted by atomic mass is 10.1. The van der Waals surface area contributed by atoms with E-state index in [2.05, 4.69) is 21.2 Å². The topological polar surface area (TPSA) is 49.3 Å². The molecule has 0 radical (unpaired) electrons. The molecule has 94 valence electrons. The van der Waals surface area contributed by atoms with Crippen molar-refractivity contribution in [2.24, 2.45) is 0 Å². The van der Waals surface area contributed by atoms with Gasteiger partial charge in [-0.3, -0.25) is 4.21 Å². The molecule has 3 nitrogen and oxygen atoms in total. The number of rotatable bonds is 3. The Labute approximate surface area is 112 Å². The van der Waals surface area contributed by atoms with Crippen molar-refractivity contribution in [2.45, 2.75) is 25.4 Å². The van der Waals surface area contributed by atoms with Crippen LogP contribution in [0.25, 0.3) is 0 Å². The number of benzene rings is 1. The highest BCUT2D eigenvalue weighted by molar-refractivity contribution is 9.10. The summed E-state index contributed by atoms with van der Waals surface area (Å²) in [6, 6.07) is 6.07. The van der Waals surface area contributed by atoms with Crippen LogP contribution in [0.15, 0.2) is 22.7 Å². The molecule has 2 N–H and O–H groups in total. The van der Waals surface area contributed by atoms with Crippen molar-refractivity contribution in [3.05, 3.63) is 28.2 Å². The molecule has 1 heterocycles. The minimum Gasteiger partial charge on any atom is -0.506 e. The SMILES string of the molecule is O=S1CCC(NCc2cccc(Br)c2O)CC1. The third-order valence-electron chi connectivity index (χ3n) is 3.04. The first-order valence-electron chi connectivity index (χ1n) is 5.71. The molecule has 2 rings (SSSR count). The van der Waals surface area contributed by atoms with Gasteiger partial charge < -0.3 is 10.4 Å². The van der Waals surface area contributed by atoms with E-state index in [0.29, 0.717) is 18.3 Å². The zero-order chi connectivity index (χ0) is 12.3. The van der Waals surface area contributed by atoms with Crippen molar-refractivity contribution in [1.29, 1.82) is 0 Å². The van der Waals surface area contributed by atoms with E-state index in [0.717, 1.165) is 34.4 Å². The van der Waals surface area contributed by atoms with Crippen LogP contribution in [0.2, 0.25) is 0 Å². The van der Waals surface area contributed by atoms with E-state index in [1.165, 1.54) is 0 Å². The zero-order valence-corrected chi connectivity index (χ0v) is 11.9. The van der Waals surface area contributed by atoms with Gasteiger partial charge in [-0.15, -0.1) is 0 Å². The lowest BCUT2D eigenvalue weighted by molar-refractivity contribution is 0.443. The molecule has 17 heavy (non-hydrogen) atoms. The van der Waals surface area contributed by atoms with E-state index in [4.69, 9.17) is 0 Å². The van der Waals surface area contributed by atoms with Gasteiger partial charge in [0.1, 0.15) is 5.75 Å². The van der Waals surface area contributed by atoms with E-state index in [9.17, 15) is 9.32 Å². The molecule has 1 aromatic carbocycles. The molecule has 0 bridgehead atoms. The van der Waals surface area contributed by atoms with Crippen molar-refractivity contribution < 1.29 is 9.32 Å². The first-order valence-corrected chi connectivity index (χ1v) is 7.99. The minimum absolute atomic E-state index is 0.305. The highest BCUT2D eigenvalue weighted by Gasteiger charge is 2.17. The van der Waals surface area contributed by atoms with Crippen molar-refractivity contribution in [2.75, 3.05) is 11.5 Å². The van der Waals surface area contributed by atoms with Crippen LogP contribution in [0.5, 0.6) is 5.75 Å². The summed E-state index contributed by atoms with van der Waals surface area (Å²) in [4.78, 5) is 0. The largest absolute Gasteiger partial charge is 0.506 e. The highest BCUT2D eigenvalue weighted by atomic mass is 79.9. The standard InChI is InChI=1S/C12H16BrNO2S/c13-11-3-1-2-9(12(11)15)8-14-10-4-6-17(16)7-5-10/h1-3,10,14-15H,4-8H2. The van der Waals surface area contributed by atoms with Gasteiger partial charge in [-0.05, 0) is 34.8 Å². The van der Waals surface area contributed by atoms with Crippen LogP contribution in [-0.4, -0.2) is 26.9 Å². The predicted octanol–water partition coefficient (Wildman–Crippen LogP) is 2.16. The summed E-state index contributed by atoms with van der Waals surface area (Å²) >= 11 is 3.30. The lowest BCUT2D eigenvalue weighted by Crippen LogP contribution is -2.35. The maximum Gasteiger partial charge on any atom is 0.134 e. The van der Waals surface area contributed by atoms with Crippen LogP contribution >= 0.6 is 15.9 Å². The predicted molar refractivity (Wildman–Crippen MR) is 73.5 cm³/mol. The van der Waals surface area contributed by atoms with E-state index in [-0.39, 0.29) is 0 Å². The van der Waals surface area contributed by atoms with Crippen molar-refractivity contribution in [3.8, 4) is 5.75 Å². The number of aromatic hydroxyl groups is 1. The number of nitrogens with one attached hydrogen (secondary N) is 1. The minimum atomic E-state index is -0.614. The number of para-hydroxylation sites is 1. The highest BCUT2D eigenvalue weighted by Crippen LogP contribution is 2.27. The Morgan fingerprint density at radius 3 is 2.82 bits per heavy atom. The molecular weight excluding hydrogens is 302 g/mol. The molecule has 1 aromatic rings. The van der Waals surface area contributed by atoms with Gasteiger partial charge >= 0.3 is 0 Å². The summed E-state index contributed by atoms with van der Waals surface area (Å²) in [5.41, 5.74) is 0.895. The second-order valence-corrected chi connectivity index (χ2v) is 6.80. The van der Waals surface area contributed by atoms with Gasteiger partial charge in [0.25, 0.3) is 0 Å². The summed E-state index contributed by atoms with van der Waals surface area (Å²) in [6.45, 7) is 0.655. The van der Waals surface area contributed by atoms with Crippen LogP contribution in [0.3, 0.4) is 0 Å². The third-order valence-corrected chi connectivity index (χ3v) is 5.06. The normalized spacial score (nSPS) is 24.8. The number of hydrogen-bond acceptors (Lipinski definition) is 3. The summed E-state index contributed by atoms with van der Waals surface area (Å²) < 4.78 is 11.9.